The van der Waals surface area contributed by atoms with Gasteiger partial charge >= 0.3 is 0 Å². The number of rotatable bonds is 4. The average molecular weight is 394 g/mol. The first-order chi connectivity index (χ1) is 13.5. The van der Waals surface area contributed by atoms with Crippen LogP contribution in [0.15, 0.2) is 52.1 Å². The van der Waals surface area contributed by atoms with E-state index in [4.69, 9.17) is 0 Å². The maximum Gasteiger partial charge on any atom is 0.271 e. The Morgan fingerprint density at radius 3 is 2.64 bits per heavy atom. The van der Waals surface area contributed by atoms with Crippen LogP contribution >= 0.6 is 11.5 Å². The highest BCUT2D eigenvalue weighted by molar-refractivity contribution is 7.12. The smallest absolute Gasteiger partial charge is 0.271 e. The molecule has 2 aromatic carbocycles. The van der Waals surface area contributed by atoms with Crippen LogP contribution in [0.25, 0.3) is 21.1 Å². The van der Waals surface area contributed by atoms with Crippen LogP contribution in [0.5, 0.6) is 0 Å². The Labute approximate surface area is 162 Å². The zero-order valence-corrected chi connectivity index (χ0v) is 15.5. The van der Waals surface area contributed by atoms with Crippen LogP contribution in [-0.2, 0) is 6.42 Å². The van der Waals surface area contributed by atoms with E-state index < -0.39 is 16.8 Å². The van der Waals surface area contributed by atoms with E-state index in [1.807, 2.05) is 34.9 Å². The fraction of sp³-hybridized carbons (Fsp3) is 0.190. The van der Waals surface area contributed by atoms with Crippen molar-refractivity contribution in [3.05, 3.63) is 80.0 Å². The molecule has 0 spiro atoms. The number of nitrogens with one attached hydrogen (secondary N) is 1. The molecule has 1 aliphatic rings. The second kappa shape index (κ2) is 6.24. The highest BCUT2D eigenvalue weighted by Gasteiger charge is 2.29. The van der Waals surface area contributed by atoms with Crippen LogP contribution in [0, 0.1) is 5.82 Å². The van der Waals surface area contributed by atoms with Crippen molar-refractivity contribution in [2.75, 3.05) is 0 Å². The molecule has 7 heteroatoms. The van der Waals surface area contributed by atoms with Gasteiger partial charge in [-0.05, 0) is 42.1 Å². The molecule has 5 rings (SSSR count). The maximum absolute atomic E-state index is 14.8. The highest BCUT2D eigenvalue weighted by atomic mass is 32.1. The van der Waals surface area contributed by atoms with Crippen LogP contribution in [0.3, 0.4) is 0 Å². The number of carbonyl (C=O) groups is 1. The van der Waals surface area contributed by atoms with E-state index in [1.165, 1.54) is 6.07 Å². The summed E-state index contributed by atoms with van der Waals surface area (Å²) in [6.07, 6.45) is 1.92. The van der Waals surface area contributed by atoms with Gasteiger partial charge in [-0.3, -0.25) is 18.8 Å². The number of carbonyl (C=O) groups excluding carboxylic acids is 1. The topological polar surface area (TPSA) is 71.9 Å². The molecule has 140 valence electrons. The number of benzene rings is 2. The van der Waals surface area contributed by atoms with Gasteiger partial charge in [-0.25, -0.2) is 4.39 Å². The number of nitrogens with zero attached hydrogens (tertiary/aromatic N) is 1. The third kappa shape index (κ3) is 2.62. The second-order valence-electron chi connectivity index (χ2n) is 7.08. The summed E-state index contributed by atoms with van der Waals surface area (Å²) in [4.78, 5) is 38.2. The van der Waals surface area contributed by atoms with Crippen LogP contribution in [0.4, 0.5) is 4.39 Å². The van der Waals surface area contributed by atoms with Crippen LogP contribution in [-0.4, -0.2) is 14.7 Å². The fourth-order valence-electron chi connectivity index (χ4n) is 3.64. The molecule has 1 N–H and O–H groups in total. The summed E-state index contributed by atoms with van der Waals surface area (Å²) in [6.45, 7) is 0. The van der Waals surface area contributed by atoms with Gasteiger partial charge in [0.25, 0.3) is 5.56 Å². The van der Waals surface area contributed by atoms with Crippen molar-refractivity contribution in [3.8, 4) is 0 Å². The minimum Gasteiger partial charge on any atom is -0.328 e. The van der Waals surface area contributed by atoms with Gasteiger partial charge in [0.1, 0.15) is 16.0 Å². The first-order valence-electron chi connectivity index (χ1n) is 9.00. The molecule has 0 aliphatic heterocycles. The molecule has 0 atom stereocenters. The molecule has 0 radical (unpaired) electrons. The van der Waals surface area contributed by atoms with E-state index in [2.05, 4.69) is 4.37 Å². The van der Waals surface area contributed by atoms with Gasteiger partial charge in [0.15, 0.2) is 5.78 Å². The third-order valence-electron chi connectivity index (χ3n) is 5.14. The summed E-state index contributed by atoms with van der Waals surface area (Å²) in [5.74, 6) is -1.08. The van der Waals surface area contributed by atoms with Gasteiger partial charge in [0.05, 0.1) is 11.1 Å². The number of aromatic nitrogens is 2. The summed E-state index contributed by atoms with van der Waals surface area (Å²) < 4.78 is 19.3. The predicted octanol–water partition coefficient (Wildman–Crippen LogP) is 3.80. The molecule has 2 heterocycles. The first-order valence-corrected chi connectivity index (χ1v) is 9.82. The number of hydrogen-bond donors (Lipinski definition) is 1. The Bertz CT molecular complexity index is 1360. The van der Waals surface area contributed by atoms with Crippen LogP contribution in [0.2, 0.25) is 0 Å². The normalized spacial score (nSPS) is 14.0. The standard InChI is InChI=1S/C21H15FN2O3S/c22-15-9-14-16(10-13(15)17(25)8-11-4-2-1-3-5-11)24(12-6-7-12)21-18(19(14)26)20(27)23-28-21/h1-5,9-10,12H,6-8H2,(H,23,27). The van der Waals surface area contributed by atoms with E-state index >= 15 is 0 Å². The molecule has 0 bridgehead atoms. The lowest BCUT2D eigenvalue weighted by Gasteiger charge is -2.13. The number of pyridine rings is 1. The largest absolute Gasteiger partial charge is 0.328 e. The average Bonchev–Trinajstić information content (AvgIpc) is 3.45. The number of fused-ring (bicyclic) bond motifs is 2. The molecule has 2 aromatic heterocycles. The lowest BCUT2D eigenvalue weighted by molar-refractivity contribution is 0.0989. The van der Waals surface area contributed by atoms with Crippen molar-refractivity contribution < 1.29 is 9.18 Å². The SMILES string of the molecule is O=C(Cc1ccccc1)c1cc2c(cc1F)c(=O)c1c(=O)[nH]sc1n2C1CC1. The second-order valence-corrected chi connectivity index (χ2v) is 7.87. The molecule has 28 heavy (non-hydrogen) atoms. The minimum absolute atomic E-state index is 0.0348. The van der Waals surface area contributed by atoms with Gasteiger partial charge in [0, 0.05) is 17.8 Å². The number of ketones is 1. The molecule has 4 aromatic rings. The lowest BCUT2D eigenvalue weighted by Crippen LogP contribution is -2.16. The molecule has 0 saturated heterocycles. The molecule has 0 unspecified atom stereocenters. The van der Waals surface area contributed by atoms with Gasteiger partial charge in [-0.15, -0.1) is 0 Å². The maximum atomic E-state index is 14.8. The summed E-state index contributed by atoms with van der Waals surface area (Å²) >= 11 is 1.11. The molecule has 5 nitrogen and oxygen atoms in total. The van der Waals surface area contributed by atoms with Crippen molar-refractivity contribution >= 4 is 38.4 Å². The molecular weight excluding hydrogens is 379 g/mol. The van der Waals surface area contributed by atoms with Crippen LogP contribution in [0.1, 0.15) is 34.8 Å². The third-order valence-corrected chi connectivity index (χ3v) is 6.02. The Morgan fingerprint density at radius 1 is 1.18 bits per heavy atom. The number of aromatic amines is 1. The highest BCUT2D eigenvalue weighted by Crippen LogP contribution is 2.40. The number of halogens is 1. The predicted molar refractivity (Wildman–Crippen MR) is 107 cm³/mol. The minimum atomic E-state index is -0.737. The number of hydrogen-bond acceptors (Lipinski definition) is 4. The Morgan fingerprint density at radius 2 is 1.93 bits per heavy atom. The lowest BCUT2D eigenvalue weighted by atomic mass is 10.0. The van der Waals surface area contributed by atoms with Gasteiger partial charge in [-0.2, -0.15) is 0 Å². The van der Waals surface area contributed by atoms with Crippen molar-refractivity contribution in [3.63, 3.8) is 0 Å². The Kier molecular flexibility index (Phi) is 3.80. The monoisotopic (exact) mass is 394 g/mol. The van der Waals surface area contributed by atoms with E-state index in [-0.39, 0.29) is 34.6 Å². The summed E-state index contributed by atoms with van der Waals surface area (Å²) in [6, 6.07) is 11.9. The molecule has 1 aliphatic carbocycles. The van der Waals surface area contributed by atoms with E-state index in [0.29, 0.717) is 10.3 Å². The zero-order valence-electron chi connectivity index (χ0n) is 14.7. The van der Waals surface area contributed by atoms with Crippen LogP contribution < -0.4 is 11.0 Å². The number of H-pyrrole nitrogens is 1. The first kappa shape index (κ1) is 17.1. The number of Topliss-reactive ketones (excluding diaryl/α,β-unsaturated/α-hetero) is 1. The molecule has 1 saturated carbocycles. The summed E-state index contributed by atoms with van der Waals surface area (Å²) in [5, 5.41) is 0.198. The molecular formula is C21H15FN2O3S. The quantitative estimate of drug-likeness (QED) is 0.535. The molecule has 0 amide bonds. The van der Waals surface area contributed by atoms with Crippen molar-refractivity contribution in [2.45, 2.75) is 25.3 Å². The van der Waals surface area contributed by atoms with E-state index in [0.717, 1.165) is 36.0 Å². The molecule has 1 fully saturated rings. The fourth-order valence-corrected chi connectivity index (χ4v) is 4.56. The summed E-state index contributed by atoms with van der Waals surface area (Å²) in [7, 11) is 0. The zero-order chi connectivity index (χ0) is 19.4. The van der Waals surface area contributed by atoms with Gasteiger partial charge in [-0.1, -0.05) is 30.3 Å². The summed E-state index contributed by atoms with van der Waals surface area (Å²) in [5.41, 5.74) is 0.322. The Balaban J connectivity index is 1.75. The van der Waals surface area contributed by atoms with E-state index in [1.54, 1.807) is 0 Å². The van der Waals surface area contributed by atoms with Crippen molar-refractivity contribution in [2.24, 2.45) is 0 Å². The van der Waals surface area contributed by atoms with Gasteiger partial charge in [0.2, 0.25) is 5.43 Å². The van der Waals surface area contributed by atoms with Gasteiger partial charge < -0.3 is 4.57 Å². The van der Waals surface area contributed by atoms with Crippen molar-refractivity contribution in [1.29, 1.82) is 0 Å². The Hall–Kier alpha value is -3.06. The van der Waals surface area contributed by atoms with Crippen molar-refractivity contribution in [1.82, 2.24) is 8.94 Å². The van der Waals surface area contributed by atoms with E-state index in [9.17, 15) is 18.8 Å².